The van der Waals surface area contributed by atoms with Crippen LogP contribution in [0.2, 0.25) is 10.0 Å². The molecule has 12 heteroatoms. The molecular weight excluding hydrogens is 553 g/mol. The van der Waals surface area contributed by atoms with Crippen molar-refractivity contribution in [3.05, 3.63) is 52.0 Å². The minimum Gasteiger partial charge on any atom is -0.454 e. The zero-order valence-corrected chi connectivity index (χ0v) is 24.0. The molecule has 0 radical (unpaired) electrons. The van der Waals surface area contributed by atoms with Crippen LogP contribution in [0.25, 0.3) is 0 Å². The van der Waals surface area contributed by atoms with Gasteiger partial charge in [0.1, 0.15) is 6.04 Å². The van der Waals surface area contributed by atoms with Gasteiger partial charge in [-0.2, -0.15) is 0 Å². The minimum atomic E-state index is -3.65. The molecule has 0 saturated heterocycles. The molecule has 1 atom stereocenters. The highest BCUT2D eigenvalue weighted by atomic mass is 35.5. The Hall–Kier alpha value is -2.69. The Labute approximate surface area is 234 Å². The molecule has 2 amide bonds. The molecule has 208 valence electrons. The van der Waals surface area contributed by atoms with Gasteiger partial charge in [0.05, 0.1) is 11.9 Å². The third-order valence-corrected chi connectivity index (χ3v) is 8.02. The van der Waals surface area contributed by atoms with Crippen LogP contribution in [0.5, 0.6) is 11.5 Å². The van der Waals surface area contributed by atoms with E-state index in [1.165, 1.54) is 9.21 Å². The number of nitrogens with zero attached hydrogens (tertiary/aromatic N) is 2. The number of hydrogen-bond donors (Lipinski definition) is 1. The Morgan fingerprint density at radius 2 is 1.76 bits per heavy atom. The van der Waals surface area contributed by atoms with E-state index in [2.05, 4.69) is 5.32 Å². The molecular formula is C26H33Cl2N3O6S. The lowest BCUT2D eigenvalue weighted by molar-refractivity contribution is -0.141. The van der Waals surface area contributed by atoms with Crippen LogP contribution in [-0.2, 0) is 26.2 Å². The van der Waals surface area contributed by atoms with Crippen molar-refractivity contribution >= 4 is 50.7 Å². The normalized spacial score (nSPS) is 13.2. The molecule has 3 rings (SSSR count). The van der Waals surface area contributed by atoms with Crippen LogP contribution in [0.4, 0.5) is 5.69 Å². The third-order valence-electron chi connectivity index (χ3n) is 6.12. The van der Waals surface area contributed by atoms with E-state index in [1.807, 2.05) is 13.8 Å². The Kier molecular flexibility index (Phi) is 10.5. The maximum Gasteiger partial charge on any atom is 0.242 e. The fraction of sp³-hybridized carbons (Fsp3) is 0.462. The summed E-state index contributed by atoms with van der Waals surface area (Å²) in [4.78, 5) is 28.0. The summed E-state index contributed by atoms with van der Waals surface area (Å²) in [7, 11) is -3.65. The van der Waals surface area contributed by atoms with E-state index in [0.29, 0.717) is 45.8 Å². The van der Waals surface area contributed by atoms with E-state index in [1.54, 1.807) is 36.4 Å². The van der Waals surface area contributed by atoms with Crippen LogP contribution in [0, 0.1) is 0 Å². The Morgan fingerprint density at radius 1 is 1.08 bits per heavy atom. The van der Waals surface area contributed by atoms with Gasteiger partial charge in [0, 0.05) is 47.7 Å². The highest BCUT2D eigenvalue weighted by Gasteiger charge is 2.30. The fourth-order valence-electron chi connectivity index (χ4n) is 4.18. The number of sulfonamides is 1. The number of benzene rings is 2. The van der Waals surface area contributed by atoms with Crippen molar-refractivity contribution in [3.8, 4) is 11.5 Å². The number of amides is 2. The topological polar surface area (TPSA) is 105 Å². The molecule has 0 bridgehead atoms. The number of ether oxygens (including phenoxy) is 2. The second kappa shape index (κ2) is 13.4. The SMILES string of the molecule is CCCNC(=O)C(CC)N(Cc1c(Cl)cccc1Cl)C(=O)CCCN(c1ccc2c(c1)OCO2)S(C)(=O)=O. The molecule has 1 unspecified atom stereocenters. The van der Waals surface area contributed by atoms with Gasteiger partial charge < -0.3 is 19.7 Å². The highest BCUT2D eigenvalue weighted by Crippen LogP contribution is 2.36. The van der Waals surface area contributed by atoms with Crippen LogP contribution < -0.4 is 19.1 Å². The quantitative estimate of drug-likeness (QED) is 0.368. The van der Waals surface area contributed by atoms with Crippen molar-refractivity contribution in [1.82, 2.24) is 10.2 Å². The number of carbonyl (C=O) groups is 2. The first-order valence-electron chi connectivity index (χ1n) is 12.4. The number of nitrogens with one attached hydrogen (secondary N) is 1. The average molecular weight is 587 g/mol. The Bertz CT molecular complexity index is 1240. The first-order valence-corrected chi connectivity index (χ1v) is 15.0. The minimum absolute atomic E-state index is 0.0101. The largest absolute Gasteiger partial charge is 0.454 e. The van der Waals surface area contributed by atoms with Crippen LogP contribution in [0.15, 0.2) is 36.4 Å². The lowest BCUT2D eigenvalue weighted by atomic mass is 10.1. The summed E-state index contributed by atoms with van der Waals surface area (Å²) in [5.41, 5.74) is 0.957. The van der Waals surface area contributed by atoms with Crippen molar-refractivity contribution in [2.75, 3.05) is 30.4 Å². The van der Waals surface area contributed by atoms with Crippen LogP contribution in [0.1, 0.15) is 45.1 Å². The standard InChI is InChI=1S/C26H33Cl2N3O6S/c1-4-13-29-26(33)22(5-2)30(16-19-20(27)8-6-9-21(19)28)25(32)10-7-14-31(38(3,34)35)18-11-12-23-24(15-18)37-17-36-23/h6,8-9,11-12,15,22H,4-5,7,10,13-14,16-17H2,1-3H3,(H,29,33). The van der Waals surface area contributed by atoms with E-state index < -0.39 is 16.1 Å². The van der Waals surface area contributed by atoms with E-state index in [9.17, 15) is 18.0 Å². The summed E-state index contributed by atoms with van der Waals surface area (Å²) < 4.78 is 37.1. The maximum absolute atomic E-state index is 13.5. The van der Waals surface area contributed by atoms with Crippen molar-refractivity contribution in [2.45, 2.75) is 52.1 Å². The van der Waals surface area contributed by atoms with Gasteiger partial charge in [0.25, 0.3) is 0 Å². The van der Waals surface area contributed by atoms with E-state index >= 15 is 0 Å². The van der Waals surface area contributed by atoms with Gasteiger partial charge in [-0.15, -0.1) is 0 Å². The number of fused-ring (bicyclic) bond motifs is 1. The molecule has 0 aliphatic carbocycles. The maximum atomic E-state index is 13.5. The molecule has 2 aromatic rings. The number of hydrogen-bond acceptors (Lipinski definition) is 6. The van der Waals surface area contributed by atoms with Gasteiger partial charge in [-0.05, 0) is 43.5 Å². The Balaban J connectivity index is 1.79. The molecule has 2 aromatic carbocycles. The second-order valence-electron chi connectivity index (χ2n) is 8.91. The Morgan fingerprint density at radius 3 is 2.39 bits per heavy atom. The molecule has 0 aromatic heterocycles. The van der Waals surface area contributed by atoms with Gasteiger partial charge in [-0.1, -0.05) is 43.1 Å². The van der Waals surface area contributed by atoms with E-state index in [4.69, 9.17) is 32.7 Å². The van der Waals surface area contributed by atoms with Gasteiger partial charge in [0.15, 0.2) is 11.5 Å². The molecule has 38 heavy (non-hydrogen) atoms. The average Bonchev–Trinajstić information content (AvgIpc) is 3.34. The number of carbonyl (C=O) groups excluding carboxylic acids is 2. The van der Waals surface area contributed by atoms with Crippen LogP contribution in [0.3, 0.4) is 0 Å². The lowest BCUT2D eigenvalue weighted by Gasteiger charge is -2.31. The van der Waals surface area contributed by atoms with Crippen molar-refractivity contribution in [1.29, 1.82) is 0 Å². The molecule has 1 N–H and O–H groups in total. The first-order chi connectivity index (χ1) is 18.1. The van der Waals surface area contributed by atoms with Gasteiger partial charge in [-0.25, -0.2) is 8.42 Å². The predicted molar refractivity (Wildman–Crippen MR) is 148 cm³/mol. The molecule has 0 fully saturated rings. The van der Waals surface area contributed by atoms with E-state index in [-0.39, 0.29) is 44.5 Å². The predicted octanol–water partition coefficient (Wildman–Crippen LogP) is 4.60. The summed E-state index contributed by atoms with van der Waals surface area (Å²) in [6.07, 6.45) is 2.48. The van der Waals surface area contributed by atoms with Gasteiger partial charge >= 0.3 is 0 Å². The van der Waals surface area contributed by atoms with Crippen LogP contribution in [-0.4, -0.2) is 57.3 Å². The van der Waals surface area contributed by atoms with Gasteiger partial charge in [0.2, 0.25) is 28.6 Å². The summed E-state index contributed by atoms with van der Waals surface area (Å²) in [5, 5.41) is 3.65. The number of rotatable bonds is 13. The van der Waals surface area contributed by atoms with Gasteiger partial charge in [-0.3, -0.25) is 13.9 Å². The van der Waals surface area contributed by atoms with Crippen LogP contribution >= 0.6 is 23.2 Å². The first kappa shape index (κ1) is 29.9. The van der Waals surface area contributed by atoms with E-state index in [0.717, 1.165) is 12.7 Å². The monoisotopic (exact) mass is 585 g/mol. The second-order valence-corrected chi connectivity index (χ2v) is 11.6. The highest BCUT2D eigenvalue weighted by molar-refractivity contribution is 7.92. The lowest BCUT2D eigenvalue weighted by Crippen LogP contribution is -2.49. The fourth-order valence-corrected chi connectivity index (χ4v) is 5.66. The summed E-state index contributed by atoms with van der Waals surface area (Å²) >= 11 is 12.8. The molecule has 0 spiro atoms. The van der Waals surface area contributed by atoms with Crippen molar-refractivity contribution in [3.63, 3.8) is 0 Å². The van der Waals surface area contributed by atoms with Crippen molar-refractivity contribution in [2.24, 2.45) is 0 Å². The molecule has 0 saturated carbocycles. The summed E-state index contributed by atoms with van der Waals surface area (Å²) in [6, 6.07) is 9.21. The zero-order chi connectivity index (χ0) is 27.9. The third kappa shape index (κ3) is 7.45. The summed E-state index contributed by atoms with van der Waals surface area (Å²) in [6.45, 7) is 4.44. The number of halogens is 2. The zero-order valence-electron chi connectivity index (χ0n) is 21.7. The molecule has 1 aliphatic rings. The molecule has 9 nitrogen and oxygen atoms in total. The summed E-state index contributed by atoms with van der Waals surface area (Å²) in [5.74, 6) is 0.430. The van der Waals surface area contributed by atoms with Crippen molar-refractivity contribution < 1.29 is 27.5 Å². The molecule has 1 aliphatic heterocycles. The smallest absolute Gasteiger partial charge is 0.242 e. The number of anilines is 1. The molecule has 1 heterocycles.